The zero-order chi connectivity index (χ0) is 16.2. The summed E-state index contributed by atoms with van der Waals surface area (Å²) in [6.07, 6.45) is -4.74. The molecule has 0 amide bonds. The van der Waals surface area contributed by atoms with Crippen LogP contribution in [0.15, 0.2) is 48.5 Å². The minimum absolute atomic E-state index is 0.128. The summed E-state index contributed by atoms with van der Waals surface area (Å²) < 4.78 is 43.8. The van der Waals surface area contributed by atoms with Crippen LogP contribution in [0.1, 0.15) is 27.0 Å². The van der Waals surface area contributed by atoms with Gasteiger partial charge in [-0.2, -0.15) is 18.4 Å². The first-order valence-electron chi connectivity index (χ1n) is 6.24. The number of ether oxygens (including phenoxy) is 1. The number of nitriles is 1. The number of rotatable bonds is 3. The first-order chi connectivity index (χ1) is 10.4. The smallest absolute Gasteiger partial charge is 0.417 e. The minimum atomic E-state index is -4.74. The SMILES string of the molecule is N#Cc1ccc(C(=O)OCc2ccccc2)c(C(F)(F)F)c1. The second-order valence-electron chi connectivity index (χ2n) is 4.43. The Bertz CT molecular complexity index is 718. The number of carbonyl (C=O) groups excluding carboxylic acids is 1. The molecule has 2 rings (SSSR count). The number of hydrogen-bond acceptors (Lipinski definition) is 3. The van der Waals surface area contributed by atoms with Gasteiger partial charge in [0.2, 0.25) is 0 Å². The van der Waals surface area contributed by atoms with Crippen molar-refractivity contribution in [3.8, 4) is 6.07 Å². The first kappa shape index (κ1) is 15.6. The molecule has 0 radical (unpaired) electrons. The Labute approximate surface area is 124 Å². The number of benzene rings is 2. The molecule has 0 bridgehead atoms. The molecular formula is C16H10F3NO2. The average Bonchev–Trinajstić information content (AvgIpc) is 2.52. The fourth-order valence-corrected chi connectivity index (χ4v) is 1.83. The van der Waals surface area contributed by atoms with E-state index in [4.69, 9.17) is 10.00 Å². The van der Waals surface area contributed by atoms with Crippen molar-refractivity contribution in [3.05, 3.63) is 70.8 Å². The van der Waals surface area contributed by atoms with E-state index in [1.807, 2.05) is 0 Å². The van der Waals surface area contributed by atoms with Crippen LogP contribution < -0.4 is 0 Å². The fraction of sp³-hybridized carbons (Fsp3) is 0.125. The van der Waals surface area contributed by atoms with Crippen LogP contribution in [0.4, 0.5) is 13.2 Å². The lowest BCUT2D eigenvalue weighted by Gasteiger charge is -2.12. The highest BCUT2D eigenvalue weighted by molar-refractivity contribution is 5.91. The van der Waals surface area contributed by atoms with E-state index in [-0.39, 0.29) is 12.2 Å². The van der Waals surface area contributed by atoms with Crippen LogP contribution >= 0.6 is 0 Å². The Balaban J connectivity index is 2.24. The van der Waals surface area contributed by atoms with Crippen molar-refractivity contribution in [1.29, 1.82) is 5.26 Å². The van der Waals surface area contributed by atoms with Crippen LogP contribution in [-0.4, -0.2) is 5.97 Å². The third-order valence-corrected chi connectivity index (χ3v) is 2.89. The predicted octanol–water partition coefficient (Wildman–Crippen LogP) is 3.93. The second kappa shape index (κ2) is 6.31. The van der Waals surface area contributed by atoms with E-state index >= 15 is 0 Å². The maximum Gasteiger partial charge on any atom is 0.417 e. The molecule has 22 heavy (non-hydrogen) atoms. The summed E-state index contributed by atoms with van der Waals surface area (Å²) in [5.74, 6) is -1.08. The van der Waals surface area contributed by atoms with Crippen molar-refractivity contribution >= 4 is 5.97 Å². The summed E-state index contributed by atoms with van der Waals surface area (Å²) >= 11 is 0. The first-order valence-corrected chi connectivity index (χ1v) is 6.24. The highest BCUT2D eigenvalue weighted by Crippen LogP contribution is 2.33. The number of esters is 1. The topological polar surface area (TPSA) is 50.1 Å². The van der Waals surface area contributed by atoms with Crippen LogP contribution in [0.2, 0.25) is 0 Å². The van der Waals surface area contributed by atoms with E-state index in [1.54, 1.807) is 36.4 Å². The number of alkyl halides is 3. The molecule has 0 heterocycles. The third kappa shape index (κ3) is 3.64. The molecule has 0 unspecified atom stereocenters. The average molecular weight is 305 g/mol. The second-order valence-corrected chi connectivity index (χ2v) is 4.43. The molecule has 0 atom stereocenters. The van der Waals surface area contributed by atoms with Crippen molar-refractivity contribution in [2.45, 2.75) is 12.8 Å². The van der Waals surface area contributed by atoms with Gasteiger partial charge in [-0.05, 0) is 23.8 Å². The summed E-state index contributed by atoms with van der Waals surface area (Å²) in [6, 6.07) is 13.0. The molecular weight excluding hydrogens is 295 g/mol. The molecule has 6 heteroatoms. The molecule has 0 aromatic heterocycles. The van der Waals surface area contributed by atoms with Crippen LogP contribution in [0.5, 0.6) is 0 Å². The molecule has 2 aromatic carbocycles. The fourth-order valence-electron chi connectivity index (χ4n) is 1.83. The van der Waals surface area contributed by atoms with E-state index in [1.165, 1.54) is 0 Å². The summed E-state index contributed by atoms with van der Waals surface area (Å²) in [5.41, 5.74) is -1.29. The molecule has 0 aliphatic heterocycles. The van der Waals surface area contributed by atoms with Crippen molar-refractivity contribution in [2.75, 3.05) is 0 Å². The number of nitrogens with zero attached hydrogens (tertiary/aromatic N) is 1. The minimum Gasteiger partial charge on any atom is -0.457 e. The monoisotopic (exact) mass is 305 g/mol. The summed E-state index contributed by atoms with van der Waals surface area (Å²) in [4.78, 5) is 11.9. The van der Waals surface area contributed by atoms with E-state index in [9.17, 15) is 18.0 Å². The molecule has 112 valence electrons. The highest BCUT2D eigenvalue weighted by Gasteiger charge is 2.36. The molecule has 0 aliphatic rings. The molecule has 0 aliphatic carbocycles. The van der Waals surface area contributed by atoms with E-state index in [2.05, 4.69) is 0 Å². The van der Waals surface area contributed by atoms with Crippen LogP contribution in [0, 0.1) is 11.3 Å². The third-order valence-electron chi connectivity index (χ3n) is 2.89. The van der Waals surface area contributed by atoms with Crippen molar-refractivity contribution in [3.63, 3.8) is 0 Å². The lowest BCUT2D eigenvalue weighted by atomic mass is 10.0. The predicted molar refractivity (Wildman–Crippen MR) is 71.7 cm³/mol. The van der Waals surface area contributed by atoms with Gasteiger partial charge < -0.3 is 4.74 Å². The van der Waals surface area contributed by atoms with Gasteiger partial charge in [0.05, 0.1) is 22.8 Å². The Hall–Kier alpha value is -2.81. The Morgan fingerprint density at radius 1 is 1.14 bits per heavy atom. The number of carbonyl (C=O) groups is 1. The van der Waals surface area contributed by atoms with E-state index in [0.29, 0.717) is 11.6 Å². The van der Waals surface area contributed by atoms with Gasteiger partial charge in [-0.25, -0.2) is 4.79 Å². The zero-order valence-corrected chi connectivity index (χ0v) is 11.2. The van der Waals surface area contributed by atoms with E-state index < -0.39 is 23.3 Å². The van der Waals surface area contributed by atoms with Crippen LogP contribution in [0.25, 0.3) is 0 Å². The molecule has 0 N–H and O–H groups in total. The molecule has 3 nitrogen and oxygen atoms in total. The van der Waals surface area contributed by atoms with Gasteiger partial charge in [0.15, 0.2) is 0 Å². The van der Waals surface area contributed by atoms with Gasteiger partial charge >= 0.3 is 12.1 Å². The lowest BCUT2D eigenvalue weighted by molar-refractivity contribution is -0.138. The lowest BCUT2D eigenvalue weighted by Crippen LogP contribution is -2.15. The molecule has 0 fully saturated rings. The molecule has 2 aromatic rings. The molecule has 0 spiro atoms. The summed E-state index contributed by atoms with van der Waals surface area (Å²) in [6.45, 7) is -0.128. The Kier molecular flexibility index (Phi) is 4.47. The number of hydrogen-bond donors (Lipinski definition) is 0. The van der Waals surface area contributed by atoms with Gasteiger partial charge in [-0.1, -0.05) is 30.3 Å². The molecule has 0 saturated heterocycles. The molecule has 0 saturated carbocycles. The van der Waals surface area contributed by atoms with Crippen LogP contribution in [0.3, 0.4) is 0 Å². The van der Waals surface area contributed by atoms with Gasteiger partial charge in [0.1, 0.15) is 6.61 Å². The maximum atomic E-state index is 13.0. The van der Waals surface area contributed by atoms with E-state index in [0.717, 1.165) is 12.1 Å². The normalized spacial score (nSPS) is 10.8. The quantitative estimate of drug-likeness (QED) is 0.807. The van der Waals surface area contributed by atoms with Crippen molar-refractivity contribution in [1.82, 2.24) is 0 Å². The van der Waals surface area contributed by atoms with Gasteiger partial charge in [-0.15, -0.1) is 0 Å². The largest absolute Gasteiger partial charge is 0.457 e. The number of halogens is 3. The van der Waals surface area contributed by atoms with Gasteiger partial charge in [0, 0.05) is 0 Å². The summed E-state index contributed by atoms with van der Waals surface area (Å²) in [5, 5.41) is 8.68. The van der Waals surface area contributed by atoms with Crippen LogP contribution in [-0.2, 0) is 17.5 Å². The van der Waals surface area contributed by atoms with Crippen molar-refractivity contribution in [2.24, 2.45) is 0 Å². The Morgan fingerprint density at radius 3 is 2.41 bits per heavy atom. The highest BCUT2D eigenvalue weighted by atomic mass is 19.4. The van der Waals surface area contributed by atoms with Crippen molar-refractivity contribution < 1.29 is 22.7 Å². The standard InChI is InChI=1S/C16H10F3NO2/c17-16(18,19)14-8-12(9-20)6-7-13(14)15(21)22-10-11-4-2-1-3-5-11/h1-8H,10H2. The summed E-state index contributed by atoms with van der Waals surface area (Å²) in [7, 11) is 0. The maximum absolute atomic E-state index is 13.0. The Morgan fingerprint density at radius 2 is 1.82 bits per heavy atom. The van der Waals surface area contributed by atoms with Gasteiger partial charge in [0.25, 0.3) is 0 Å². The zero-order valence-electron chi connectivity index (χ0n) is 11.2. The van der Waals surface area contributed by atoms with Gasteiger partial charge in [-0.3, -0.25) is 0 Å².